The summed E-state index contributed by atoms with van der Waals surface area (Å²) < 4.78 is 0. The van der Waals surface area contributed by atoms with Crippen molar-refractivity contribution in [3.63, 3.8) is 0 Å². The minimum atomic E-state index is -0.401. The van der Waals surface area contributed by atoms with Gasteiger partial charge in [-0.05, 0) is 17.5 Å². The van der Waals surface area contributed by atoms with Gasteiger partial charge in [0.05, 0.1) is 10.3 Å². The highest BCUT2D eigenvalue weighted by Gasteiger charge is 2.10. The van der Waals surface area contributed by atoms with Crippen LogP contribution in [0.1, 0.15) is 0 Å². The van der Waals surface area contributed by atoms with Gasteiger partial charge in [0.2, 0.25) is 0 Å². The summed E-state index contributed by atoms with van der Waals surface area (Å²) >= 11 is 0. The number of nitrogens with two attached hydrogens (primary N) is 1. The molecule has 0 unspecified atom stereocenters. The molecule has 0 atom stereocenters. The van der Waals surface area contributed by atoms with E-state index >= 15 is 0 Å². The van der Waals surface area contributed by atoms with Gasteiger partial charge in [-0.15, -0.1) is 0 Å². The Kier molecular flexibility index (Phi) is 1.81. The van der Waals surface area contributed by atoms with Gasteiger partial charge >= 0.3 is 0 Å². The van der Waals surface area contributed by atoms with E-state index in [0.29, 0.717) is 11.1 Å². The molecular formula is C10H8N2O2. The van der Waals surface area contributed by atoms with Crippen LogP contribution in [0, 0.1) is 10.1 Å². The summed E-state index contributed by atoms with van der Waals surface area (Å²) in [4.78, 5) is 10.3. The van der Waals surface area contributed by atoms with Crippen molar-refractivity contribution in [3.8, 4) is 0 Å². The van der Waals surface area contributed by atoms with E-state index in [1.807, 2.05) is 6.07 Å². The van der Waals surface area contributed by atoms with Crippen molar-refractivity contribution in [3.05, 3.63) is 46.5 Å². The molecule has 2 aromatic rings. The van der Waals surface area contributed by atoms with E-state index in [1.54, 1.807) is 24.3 Å². The molecule has 0 amide bonds. The van der Waals surface area contributed by atoms with Gasteiger partial charge in [0.1, 0.15) is 0 Å². The molecule has 0 aromatic heterocycles. The molecule has 2 N–H and O–H groups in total. The maximum absolute atomic E-state index is 10.7. The third-order valence-electron chi connectivity index (χ3n) is 2.08. The van der Waals surface area contributed by atoms with E-state index in [1.165, 1.54) is 6.07 Å². The van der Waals surface area contributed by atoms with Gasteiger partial charge in [0, 0.05) is 11.8 Å². The van der Waals surface area contributed by atoms with E-state index in [-0.39, 0.29) is 5.69 Å². The number of non-ortho nitro benzene ring substituents is 1. The Morgan fingerprint density at radius 1 is 1.21 bits per heavy atom. The standard InChI is InChI=1S/C10H8N2O2/c11-8-5-4-7-2-1-3-10(12(13)14)9(7)6-8/h1-6H,11H2. The fourth-order valence-electron chi connectivity index (χ4n) is 1.43. The SMILES string of the molecule is Nc1ccc2cccc([N+](=O)[O-])c2c1. The lowest BCUT2D eigenvalue weighted by Gasteiger charge is -1.99. The Balaban J connectivity index is 2.84. The molecule has 2 aromatic carbocycles. The topological polar surface area (TPSA) is 69.2 Å². The summed E-state index contributed by atoms with van der Waals surface area (Å²) in [7, 11) is 0. The number of nitrogens with zero attached hydrogens (tertiary/aromatic N) is 1. The van der Waals surface area contributed by atoms with Gasteiger partial charge in [-0.1, -0.05) is 18.2 Å². The monoisotopic (exact) mass is 188 g/mol. The molecule has 0 heterocycles. The number of nitrogen functional groups attached to an aromatic ring is 1. The first-order chi connectivity index (χ1) is 6.68. The first-order valence-electron chi connectivity index (χ1n) is 4.11. The predicted molar refractivity (Wildman–Crippen MR) is 55.0 cm³/mol. The minimum Gasteiger partial charge on any atom is -0.399 e. The van der Waals surface area contributed by atoms with Crippen molar-refractivity contribution in [1.82, 2.24) is 0 Å². The Morgan fingerprint density at radius 3 is 2.71 bits per heavy atom. The molecular weight excluding hydrogens is 180 g/mol. The lowest BCUT2D eigenvalue weighted by molar-refractivity contribution is -0.383. The molecule has 0 saturated heterocycles. The zero-order valence-electron chi connectivity index (χ0n) is 7.31. The van der Waals surface area contributed by atoms with Gasteiger partial charge in [0.15, 0.2) is 0 Å². The zero-order chi connectivity index (χ0) is 10.1. The van der Waals surface area contributed by atoms with E-state index in [9.17, 15) is 10.1 Å². The third-order valence-corrected chi connectivity index (χ3v) is 2.08. The maximum atomic E-state index is 10.7. The maximum Gasteiger partial charge on any atom is 0.277 e. The summed E-state index contributed by atoms with van der Waals surface area (Å²) in [5.74, 6) is 0. The van der Waals surface area contributed by atoms with Crippen molar-refractivity contribution in [2.45, 2.75) is 0 Å². The second-order valence-corrected chi connectivity index (χ2v) is 3.01. The summed E-state index contributed by atoms with van der Waals surface area (Å²) in [5, 5.41) is 12.1. The van der Waals surface area contributed by atoms with Gasteiger partial charge in [-0.25, -0.2) is 0 Å². The van der Waals surface area contributed by atoms with Gasteiger partial charge in [-0.2, -0.15) is 0 Å². The molecule has 0 aliphatic rings. The van der Waals surface area contributed by atoms with Crippen LogP contribution in [0.4, 0.5) is 11.4 Å². The summed E-state index contributed by atoms with van der Waals surface area (Å²) in [5.41, 5.74) is 6.20. The molecule has 0 spiro atoms. The average molecular weight is 188 g/mol. The fraction of sp³-hybridized carbons (Fsp3) is 0. The van der Waals surface area contributed by atoms with E-state index < -0.39 is 4.92 Å². The number of anilines is 1. The number of hydrogen-bond donors (Lipinski definition) is 1. The largest absolute Gasteiger partial charge is 0.399 e. The van der Waals surface area contributed by atoms with Crippen LogP contribution in [0.25, 0.3) is 10.8 Å². The molecule has 4 nitrogen and oxygen atoms in total. The highest BCUT2D eigenvalue weighted by atomic mass is 16.6. The molecule has 14 heavy (non-hydrogen) atoms. The Hall–Kier alpha value is -2.10. The highest BCUT2D eigenvalue weighted by Crippen LogP contribution is 2.26. The highest BCUT2D eigenvalue weighted by molar-refractivity contribution is 5.92. The summed E-state index contributed by atoms with van der Waals surface area (Å²) in [6, 6.07) is 10.1. The molecule has 70 valence electrons. The molecule has 4 heteroatoms. The minimum absolute atomic E-state index is 0.0924. The second kappa shape index (κ2) is 2.99. The van der Waals surface area contributed by atoms with Crippen LogP contribution in [-0.4, -0.2) is 4.92 Å². The second-order valence-electron chi connectivity index (χ2n) is 3.01. The van der Waals surface area contributed by atoms with Crippen molar-refractivity contribution in [2.24, 2.45) is 0 Å². The summed E-state index contributed by atoms with van der Waals surface area (Å²) in [6.07, 6.45) is 0. The van der Waals surface area contributed by atoms with Crippen molar-refractivity contribution < 1.29 is 4.92 Å². The van der Waals surface area contributed by atoms with E-state index in [4.69, 9.17) is 5.73 Å². The predicted octanol–water partition coefficient (Wildman–Crippen LogP) is 2.33. The van der Waals surface area contributed by atoms with Gasteiger partial charge in [0.25, 0.3) is 5.69 Å². The average Bonchev–Trinajstić information content (AvgIpc) is 2.16. The lowest BCUT2D eigenvalue weighted by atomic mass is 10.1. The number of hydrogen-bond acceptors (Lipinski definition) is 3. The van der Waals surface area contributed by atoms with E-state index in [2.05, 4.69) is 0 Å². The van der Waals surface area contributed by atoms with Crippen LogP contribution in [0.3, 0.4) is 0 Å². The van der Waals surface area contributed by atoms with Crippen molar-refractivity contribution >= 4 is 22.1 Å². The van der Waals surface area contributed by atoms with Gasteiger partial charge < -0.3 is 5.73 Å². The molecule has 0 fully saturated rings. The number of nitro benzene ring substituents is 1. The summed E-state index contributed by atoms with van der Waals surface area (Å²) in [6.45, 7) is 0. The lowest BCUT2D eigenvalue weighted by Crippen LogP contribution is -1.90. The van der Waals surface area contributed by atoms with Crippen LogP contribution in [0.15, 0.2) is 36.4 Å². The molecule has 0 aliphatic heterocycles. The van der Waals surface area contributed by atoms with Crippen molar-refractivity contribution in [2.75, 3.05) is 5.73 Å². The number of fused-ring (bicyclic) bond motifs is 1. The molecule has 0 aliphatic carbocycles. The molecule has 0 bridgehead atoms. The van der Waals surface area contributed by atoms with Gasteiger partial charge in [-0.3, -0.25) is 10.1 Å². The quantitative estimate of drug-likeness (QED) is 0.424. The zero-order valence-corrected chi connectivity index (χ0v) is 7.31. The Labute approximate surface area is 80.1 Å². The van der Waals surface area contributed by atoms with Crippen LogP contribution >= 0.6 is 0 Å². The first-order valence-corrected chi connectivity index (χ1v) is 4.11. The normalized spacial score (nSPS) is 10.3. The first kappa shape index (κ1) is 8.50. The Morgan fingerprint density at radius 2 is 2.00 bits per heavy atom. The van der Waals surface area contributed by atoms with Crippen LogP contribution in [0.2, 0.25) is 0 Å². The van der Waals surface area contributed by atoms with Crippen molar-refractivity contribution in [1.29, 1.82) is 0 Å². The number of benzene rings is 2. The molecule has 0 radical (unpaired) electrons. The fourth-order valence-corrected chi connectivity index (χ4v) is 1.43. The van der Waals surface area contributed by atoms with E-state index in [0.717, 1.165) is 5.39 Å². The Bertz CT molecular complexity index is 508. The smallest absolute Gasteiger partial charge is 0.277 e. The number of rotatable bonds is 1. The molecule has 2 rings (SSSR count). The van der Waals surface area contributed by atoms with Crippen LogP contribution in [0.5, 0.6) is 0 Å². The van der Waals surface area contributed by atoms with Crippen LogP contribution in [-0.2, 0) is 0 Å². The van der Waals surface area contributed by atoms with Crippen LogP contribution < -0.4 is 5.73 Å². The third kappa shape index (κ3) is 1.26. The molecule has 0 saturated carbocycles. The number of nitro groups is 1.